The van der Waals surface area contributed by atoms with Gasteiger partial charge in [-0.05, 0) is 121 Å². The Morgan fingerprint density at radius 3 is 1.22 bits per heavy atom. The van der Waals surface area contributed by atoms with Crippen LogP contribution in [0.4, 0.5) is 0 Å². The summed E-state index contributed by atoms with van der Waals surface area (Å²) in [5, 5.41) is 18.5. The maximum absolute atomic E-state index is 2.54. The van der Waals surface area contributed by atoms with E-state index in [0.29, 0.717) is 0 Å². The molecule has 1 aliphatic carbocycles. The monoisotopic (exact) mass is 620 g/mol. The summed E-state index contributed by atoms with van der Waals surface area (Å²) in [6, 6.07) is 59.2. The highest BCUT2D eigenvalue weighted by Gasteiger charge is 2.40. The molecule has 0 aliphatic heterocycles. The Labute approximate surface area is 284 Å². The van der Waals surface area contributed by atoms with Crippen LogP contribution in [0.3, 0.4) is 0 Å². The molecule has 0 bridgehead atoms. The molecular weight excluding hydrogens is 589 g/mol. The minimum absolute atomic E-state index is 0.174. The van der Waals surface area contributed by atoms with Gasteiger partial charge in [0.2, 0.25) is 0 Å². The van der Waals surface area contributed by atoms with E-state index in [2.05, 4.69) is 172 Å². The van der Waals surface area contributed by atoms with E-state index in [9.17, 15) is 0 Å². The maximum atomic E-state index is 2.54. The van der Waals surface area contributed by atoms with Gasteiger partial charge in [-0.3, -0.25) is 0 Å². The van der Waals surface area contributed by atoms with Crippen LogP contribution in [0.15, 0.2) is 158 Å². The molecule has 228 valence electrons. The molecule has 49 heavy (non-hydrogen) atoms. The van der Waals surface area contributed by atoms with Crippen molar-refractivity contribution in [2.24, 2.45) is 0 Å². The van der Waals surface area contributed by atoms with Crippen molar-refractivity contribution in [1.82, 2.24) is 0 Å². The zero-order chi connectivity index (χ0) is 32.4. The first-order valence-electron chi connectivity index (χ1n) is 17.4. The van der Waals surface area contributed by atoms with Crippen molar-refractivity contribution >= 4 is 75.4 Å². The summed E-state index contributed by atoms with van der Waals surface area (Å²) in [5.74, 6) is 0. The Bertz CT molecular complexity index is 3070. The third-order valence-corrected chi connectivity index (χ3v) is 11.5. The first-order valence-corrected chi connectivity index (χ1v) is 17.4. The Morgan fingerprint density at radius 2 is 0.633 bits per heavy atom. The smallest absolute Gasteiger partial charge is 0.0171 e. The number of hydrogen-bond acceptors (Lipinski definition) is 0. The Hall–Kier alpha value is -5.98. The third-order valence-electron chi connectivity index (χ3n) is 11.5. The lowest BCUT2D eigenvalue weighted by Crippen LogP contribution is -2.16. The van der Waals surface area contributed by atoms with Crippen LogP contribution in [0.5, 0.6) is 0 Å². The van der Waals surface area contributed by atoms with Crippen molar-refractivity contribution in [1.29, 1.82) is 0 Å². The Balaban J connectivity index is 1.35. The van der Waals surface area contributed by atoms with Gasteiger partial charge in [0.15, 0.2) is 0 Å². The predicted octanol–water partition coefficient (Wildman–Crippen LogP) is 13.7. The van der Waals surface area contributed by atoms with Crippen LogP contribution >= 0.6 is 0 Å². The minimum atomic E-state index is -0.174. The first kappa shape index (κ1) is 27.0. The van der Waals surface area contributed by atoms with Gasteiger partial charge < -0.3 is 0 Å². The Kier molecular flexibility index (Phi) is 5.27. The summed E-state index contributed by atoms with van der Waals surface area (Å²) < 4.78 is 0. The van der Waals surface area contributed by atoms with Gasteiger partial charge in [-0.15, -0.1) is 0 Å². The summed E-state index contributed by atoms with van der Waals surface area (Å²) in [6.07, 6.45) is 0. The highest BCUT2D eigenvalue weighted by Crippen LogP contribution is 2.58. The minimum Gasteiger partial charge on any atom is -0.0616 e. The van der Waals surface area contributed by atoms with Crippen LogP contribution in [-0.4, -0.2) is 0 Å². The highest BCUT2D eigenvalue weighted by molar-refractivity contribution is 6.33. The number of hydrogen-bond donors (Lipinski definition) is 0. The second-order valence-corrected chi connectivity index (χ2v) is 14.3. The zero-order valence-corrected chi connectivity index (χ0v) is 27.5. The van der Waals surface area contributed by atoms with E-state index in [1.54, 1.807) is 0 Å². The fourth-order valence-corrected chi connectivity index (χ4v) is 9.65. The fourth-order valence-electron chi connectivity index (χ4n) is 9.65. The second kappa shape index (κ2) is 9.56. The molecule has 0 radical (unpaired) electrons. The standard InChI is InChI=1S/C49H32/c1-49(2)47-39-25-13-9-21-35(39)42(28-44(47)46-38-24-12-6-17-31(38)32-18-8-14-26-40(32)48(46)49)41-27-43-33-19-4-3-15-29(33)30-16-5-10-22-36(30)45(43)37-23-11-7-20-34(37)41/h3-28H,1-2H3. The lowest BCUT2D eigenvalue weighted by Gasteiger charge is -2.26. The van der Waals surface area contributed by atoms with Crippen LogP contribution in [0, 0.1) is 0 Å². The van der Waals surface area contributed by atoms with Gasteiger partial charge >= 0.3 is 0 Å². The van der Waals surface area contributed by atoms with Gasteiger partial charge in [0.25, 0.3) is 0 Å². The summed E-state index contributed by atoms with van der Waals surface area (Å²) in [6.45, 7) is 4.88. The van der Waals surface area contributed by atoms with Crippen LogP contribution in [-0.2, 0) is 5.41 Å². The van der Waals surface area contributed by atoms with E-state index in [1.165, 1.54) is 109 Å². The van der Waals surface area contributed by atoms with Crippen molar-refractivity contribution in [2.75, 3.05) is 0 Å². The van der Waals surface area contributed by atoms with E-state index < -0.39 is 0 Å². The molecule has 0 fully saturated rings. The quantitative estimate of drug-likeness (QED) is 0.160. The van der Waals surface area contributed by atoms with Crippen molar-refractivity contribution in [3.05, 3.63) is 169 Å². The lowest BCUT2D eigenvalue weighted by atomic mass is 9.77. The van der Waals surface area contributed by atoms with Crippen LogP contribution in [0.2, 0.25) is 0 Å². The SMILES string of the molecule is CC1(C)c2c(cc(-c3cc4c5ccccc5c5ccccc5c4c4ccccc34)c3ccccc23)-c2c1c1ccccc1c1ccccc21. The van der Waals surface area contributed by atoms with Gasteiger partial charge in [0, 0.05) is 5.41 Å². The molecule has 1 aliphatic rings. The average molecular weight is 621 g/mol. The molecule has 0 heterocycles. The lowest BCUT2D eigenvalue weighted by molar-refractivity contribution is 0.672. The average Bonchev–Trinajstić information content (AvgIpc) is 3.41. The molecule has 0 aromatic heterocycles. The summed E-state index contributed by atoms with van der Waals surface area (Å²) in [4.78, 5) is 0. The highest BCUT2D eigenvalue weighted by atomic mass is 14.4. The molecular formula is C49H32. The third kappa shape index (κ3) is 3.43. The molecule has 0 unspecified atom stereocenters. The fraction of sp³-hybridized carbons (Fsp3) is 0.0612. The molecule has 10 aromatic rings. The van der Waals surface area contributed by atoms with E-state index >= 15 is 0 Å². The number of fused-ring (bicyclic) bond motifs is 18. The molecule has 0 saturated carbocycles. The summed E-state index contributed by atoms with van der Waals surface area (Å²) >= 11 is 0. The molecule has 0 atom stereocenters. The van der Waals surface area contributed by atoms with Gasteiger partial charge in [-0.2, -0.15) is 0 Å². The molecule has 11 rings (SSSR count). The molecule has 0 N–H and O–H groups in total. The molecule has 0 spiro atoms. The van der Waals surface area contributed by atoms with Crippen LogP contribution < -0.4 is 0 Å². The zero-order valence-electron chi connectivity index (χ0n) is 27.5. The second-order valence-electron chi connectivity index (χ2n) is 14.3. The van der Waals surface area contributed by atoms with Gasteiger partial charge in [0.1, 0.15) is 0 Å². The number of benzene rings is 10. The van der Waals surface area contributed by atoms with Crippen LogP contribution in [0.1, 0.15) is 25.0 Å². The van der Waals surface area contributed by atoms with Crippen molar-refractivity contribution < 1.29 is 0 Å². The predicted molar refractivity (Wildman–Crippen MR) is 212 cm³/mol. The van der Waals surface area contributed by atoms with E-state index in [4.69, 9.17) is 0 Å². The normalized spacial score (nSPS) is 13.7. The molecule has 0 amide bonds. The molecule has 0 heteroatoms. The van der Waals surface area contributed by atoms with Crippen LogP contribution in [0.25, 0.3) is 97.7 Å². The van der Waals surface area contributed by atoms with Crippen molar-refractivity contribution in [2.45, 2.75) is 19.3 Å². The molecule has 0 saturated heterocycles. The van der Waals surface area contributed by atoms with Crippen molar-refractivity contribution in [3.63, 3.8) is 0 Å². The summed E-state index contributed by atoms with van der Waals surface area (Å²) in [5.41, 5.74) is 8.05. The number of rotatable bonds is 1. The van der Waals surface area contributed by atoms with Crippen molar-refractivity contribution in [3.8, 4) is 22.3 Å². The maximum Gasteiger partial charge on any atom is 0.0171 e. The van der Waals surface area contributed by atoms with Gasteiger partial charge in [0.05, 0.1) is 0 Å². The van der Waals surface area contributed by atoms with Gasteiger partial charge in [-0.1, -0.05) is 159 Å². The first-order chi connectivity index (χ1) is 24.1. The topological polar surface area (TPSA) is 0 Å². The Morgan fingerprint density at radius 1 is 0.286 bits per heavy atom. The molecule has 10 aromatic carbocycles. The van der Waals surface area contributed by atoms with E-state index in [0.717, 1.165) is 0 Å². The molecule has 0 nitrogen and oxygen atoms in total. The van der Waals surface area contributed by atoms with E-state index in [1.807, 2.05) is 0 Å². The van der Waals surface area contributed by atoms with Gasteiger partial charge in [-0.25, -0.2) is 0 Å². The summed E-state index contributed by atoms with van der Waals surface area (Å²) in [7, 11) is 0. The van der Waals surface area contributed by atoms with E-state index in [-0.39, 0.29) is 5.41 Å². The largest absolute Gasteiger partial charge is 0.0616 e.